The van der Waals surface area contributed by atoms with Crippen molar-refractivity contribution in [1.82, 2.24) is 10.0 Å². The number of sulfonamides is 1. The molecule has 2 aromatic rings. The van der Waals surface area contributed by atoms with Gasteiger partial charge in [-0.1, -0.05) is 18.2 Å². The Balaban J connectivity index is 1.93. The summed E-state index contributed by atoms with van der Waals surface area (Å²) in [5.41, 5.74) is 1.81. The zero-order valence-corrected chi connectivity index (χ0v) is 16.2. The van der Waals surface area contributed by atoms with Gasteiger partial charge in [-0.25, -0.2) is 18.1 Å². The molecule has 4 N–H and O–H groups in total. The molecule has 0 saturated heterocycles. The van der Waals surface area contributed by atoms with Crippen molar-refractivity contribution in [3.05, 3.63) is 66.4 Å². The lowest BCUT2D eigenvalue weighted by Crippen LogP contribution is -2.45. The topological polar surface area (TPSA) is 112 Å². The largest absolute Gasteiger partial charge is 0.353 e. The molecule has 9 heteroatoms. The Bertz CT molecular complexity index is 1040. The lowest BCUT2D eigenvalue weighted by atomic mass is 10.1. The van der Waals surface area contributed by atoms with E-state index in [0.717, 1.165) is 0 Å². The zero-order valence-electron chi connectivity index (χ0n) is 15.4. The molecule has 1 aliphatic heterocycles. The van der Waals surface area contributed by atoms with Crippen molar-refractivity contribution in [1.29, 1.82) is 0 Å². The third-order valence-electron chi connectivity index (χ3n) is 4.12. The van der Waals surface area contributed by atoms with Crippen LogP contribution in [0.2, 0.25) is 0 Å². The Hall–Kier alpha value is -3.17. The van der Waals surface area contributed by atoms with Crippen LogP contribution in [0.25, 0.3) is 0 Å². The first kappa shape index (κ1) is 19.6. The van der Waals surface area contributed by atoms with E-state index in [4.69, 9.17) is 0 Å². The Kier molecular flexibility index (Phi) is 5.48. The van der Waals surface area contributed by atoms with E-state index in [1.54, 1.807) is 42.6 Å². The summed E-state index contributed by atoms with van der Waals surface area (Å²) >= 11 is 0. The van der Waals surface area contributed by atoms with Crippen LogP contribution < -0.4 is 20.7 Å². The van der Waals surface area contributed by atoms with Crippen molar-refractivity contribution in [3.63, 3.8) is 0 Å². The van der Waals surface area contributed by atoms with E-state index < -0.39 is 15.8 Å². The van der Waals surface area contributed by atoms with Crippen LogP contribution >= 0.6 is 0 Å². The third-order valence-corrected chi connectivity index (χ3v) is 5.53. The van der Waals surface area contributed by atoms with Gasteiger partial charge >= 0.3 is 0 Å². The second-order valence-corrected chi connectivity index (χ2v) is 8.03. The van der Waals surface area contributed by atoms with Crippen molar-refractivity contribution in [2.24, 2.45) is 4.99 Å². The minimum absolute atomic E-state index is 0.0417. The maximum Gasteiger partial charge on any atom is 0.240 e. The van der Waals surface area contributed by atoms with Gasteiger partial charge < -0.3 is 16.0 Å². The summed E-state index contributed by atoms with van der Waals surface area (Å²) in [6.45, 7) is 1.50. The molecular formula is C19H21N5O3S. The van der Waals surface area contributed by atoms with Crippen LogP contribution in [0.15, 0.2) is 70.7 Å². The predicted molar refractivity (Wildman–Crippen MR) is 110 cm³/mol. The van der Waals surface area contributed by atoms with Gasteiger partial charge in [-0.3, -0.25) is 4.79 Å². The van der Waals surface area contributed by atoms with E-state index in [2.05, 4.69) is 25.7 Å². The van der Waals surface area contributed by atoms with Crippen molar-refractivity contribution in [2.45, 2.75) is 17.6 Å². The maximum atomic E-state index is 12.1. The first-order valence-electron chi connectivity index (χ1n) is 8.52. The van der Waals surface area contributed by atoms with Gasteiger partial charge in [0, 0.05) is 29.2 Å². The molecule has 2 aromatic carbocycles. The van der Waals surface area contributed by atoms with E-state index >= 15 is 0 Å². The number of benzene rings is 2. The molecule has 0 spiro atoms. The summed E-state index contributed by atoms with van der Waals surface area (Å²) < 4.78 is 26.5. The zero-order chi connectivity index (χ0) is 20.2. The molecule has 8 nitrogen and oxygen atoms in total. The Labute approximate surface area is 163 Å². The number of hydrogen-bond acceptors (Lipinski definition) is 7. The third kappa shape index (κ3) is 4.38. The highest BCUT2D eigenvalue weighted by Crippen LogP contribution is 2.25. The lowest BCUT2D eigenvalue weighted by molar-refractivity contribution is 0.101. The summed E-state index contributed by atoms with van der Waals surface area (Å²) in [7, 11) is -2.21. The fraction of sp³-hybridized carbons (Fsp3) is 0.158. The highest BCUT2D eigenvalue weighted by Gasteiger charge is 2.27. The molecule has 0 saturated carbocycles. The van der Waals surface area contributed by atoms with Crippen molar-refractivity contribution in [3.8, 4) is 0 Å². The van der Waals surface area contributed by atoms with Crippen LogP contribution in [0.1, 0.15) is 17.3 Å². The first-order valence-corrected chi connectivity index (χ1v) is 10.0. The molecule has 0 aliphatic carbocycles. The van der Waals surface area contributed by atoms with Crippen molar-refractivity contribution in [2.75, 3.05) is 17.7 Å². The van der Waals surface area contributed by atoms with Crippen LogP contribution in [0.4, 0.5) is 11.4 Å². The van der Waals surface area contributed by atoms with Gasteiger partial charge in [0.15, 0.2) is 5.78 Å². The summed E-state index contributed by atoms with van der Waals surface area (Å²) in [5, 5.41) is 9.35. The fourth-order valence-corrected chi connectivity index (χ4v) is 3.46. The lowest BCUT2D eigenvalue weighted by Gasteiger charge is -2.32. The number of carbonyl (C=O) groups excluding carboxylic acids is 1. The molecule has 0 bridgehead atoms. The van der Waals surface area contributed by atoms with Crippen molar-refractivity contribution < 1.29 is 13.2 Å². The quantitative estimate of drug-likeness (QED) is 0.419. The van der Waals surface area contributed by atoms with Crippen LogP contribution in [0, 0.1) is 0 Å². The Morgan fingerprint density at radius 1 is 1.07 bits per heavy atom. The van der Waals surface area contributed by atoms with Gasteiger partial charge in [0.05, 0.1) is 11.2 Å². The van der Waals surface area contributed by atoms with Gasteiger partial charge in [0.1, 0.15) is 0 Å². The fourth-order valence-electron chi connectivity index (χ4n) is 2.69. The SMILES string of the molecule is CNS(=O)(=O)c1cccc(NC2(Nc3cccc(C(C)=O)c3)C=CNC=N2)c1. The van der Waals surface area contributed by atoms with Gasteiger partial charge in [0.25, 0.3) is 0 Å². The smallest absolute Gasteiger partial charge is 0.240 e. The normalized spacial score (nSPS) is 18.4. The van der Waals surface area contributed by atoms with Crippen LogP contribution in [-0.2, 0) is 10.0 Å². The van der Waals surface area contributed by atoms with Gasteiger partial charge in [-0.2, -0.15) is 0 Å². The van der Waals surface area contributed by atoms with Crippen LogP contribution in [0.3, 0.4) is 0 Å². The predicted octanol–water partition coefficient (Wildman–Crippen LogP) is 2.12. The number of ketones is 1. The minimum Gasteiger partial charge on any atom is -0.353 e. The number of nitrogens with zero attached hydrogens (tertiary/aromatic N) is 1. The standard InChI is InChI=1S/C19H21N5O3S/c1-14(25)15-5-3-6-16(11-15)23-19(9-10-21-13-22-19)24-17-7-4-8-18(12-17)28(26,27)20-2/h3-13,20,23-24H,1-2H3,(H,21,22). The molecule has 1 atom stereocenters. The number of aliphatic imine (C=N–C) groups is 1. The molecule has 1 aliphatic rings. The Morgan fingerprint density at radius 3 is 2.36 bits per heavy atom. The monoisotopic (exact) mass is 399 g/mol. The number of nitrogens with one attached hydrogen (secondary N) is 4. The highest BCUT2D eigenvalue weighted by atomic mass is 32.2. The molecule has 0 fully saturated rings. The van der Waals surface area contributed by atoms with Crippen molar-refractivity contribution >= 4 is 33.5 Å². The molecule has 1 unspecified atom stereocenters. The Morgan fingerprint density at radius 2 is 1.75 bits per heavy atom. The van der Waals surface area contributed by atoms with E-state index in [1.165, 1.54) is 32.4 Å². The maximum absolute atomic E-state index is 12.1. The number of anilines is 2. The second-order valence-electron chi connectivity index (χ2n) is 6.15. The number of carbonyl (C=O) groups is 1. The minimum atomic E-state index is -3.57. The molecule has 0 amide bonds. The van der Waals surface area contributed by atoms with E-state index in [-0.39, 0.29) is 10.7 Å². The summed E-state index contributed by atoms with van der Waals surface area (Å²) in [5.74, 6) is -1.11. The molecule has 28 heavy (non-hydrogen) atoms. The number of Topliss-reactive ketones (excluding diaryl/α,β-unsaturated/α-hetero) is 1. The molecular weight excluding hydrogens is 378 g/mol. The molecule has 1 heterocycles. The molecule has 146 valence electrons. The number of rotatable bonds is 7. The molecule has 0 aromatic heterocycles. The van der Waals surface area contributed by atoms with Gasteiger partial charge in [0.2, 0.25) is 15.8 Å². The summed E-state index contributed by atoms with van der Waals surface area (Å²) in [4.78, 5) is 16.2. The average Bonchev–Trinajstić information content (AvgIpc) is 2.69. The van der Waals surface area contributed by atoms with Crippen LogP contribution in [-0.4, -0.2) is 33.4 Å². The van der Waals surface area contributed by atoms with Crippen LogP contribution in [0.5, 0.6) is 0 Å². The van der Waals surface area contributed by atoms with Gasteiger partial charge in [-0.05, 0) is 44.3 Å². The second kappa shape index (κ2) is 7.83. The molecule has 0 radical (unpaired) electrons. The van der Waals surface area contributed by atoms with Gasteiger partial charge in [-0.15, -0.1) is 0 Å². The van der Waals surface area contributed by atoms with E-state index in [0.29, 0.717) is 16.9 Å². The molecule has 3 rings (SSSR count). The van der Waals surface area contributed by atoms with E-state index in [9.17, 15) is 13.2 Å². The summed E-state index contributed by atoms with van der Waals surface area (Å²) in [6.07, 6.45) is 4.98. The first-order chi connectivity index (χ1) is 13.3. The average molecular weight is 399 g/mol. The van der Waals surface area contributed by atoms with E-state index in [1.807, 2.05) is 6.07 Å². The summed E-state index contributed by atoms with van der Waals surface area (Å²) in [6, 6.07) is 13.5. The number of hydrogen-bond donors (Lipinski definition) is 4. The highest BCUT2D eigenvalue weighted by molar-refractivity contribution is 7.89.